The third-order valence-electron chi connectivity index (χ3n) is 3.80. The Morgan fingerprint density at radius 2 is 2.00 bits per heavy atom. The monoisotopic (exact) mass is 308 g/mol. The molecule has 1 aliphatic carbocycles. The Balaban J connectivity index is 2.40. The molecule has 0 spiro atoms. The predicted molar refractivity (Wildman–Crippen MR) is 84.4 cm³/mol. The Hall–Kier alpha value is -1.92. The van der Waals surface area contributed by atoms with E-state index < -0.39 is 4.92 Å². The van der Waals surface area contributed by atoms with Gasteiger partial charge in [-0.1, -0.05) is 33.1 Å². The number of nitrogens with one attached hydrogen (secondary N) is 1. The molecule has 1 aromatic heterocycles. The number of ether oxygens (including phenoxy) is 1. The van der Waals surface area contributed by atoms with Crippen molar-refractivity contribution in [1.82, 2.24) is 9.97 Å². The van der Waals surface area contributed by atoms with Gasteiger partial charge in [0.1, 0.15) is 5.82 Å². The van der Waals surface area contributed by atoms with Crippen molar-refractivity contribution >= 4 is 11.5 Å². The molecule has 7 nitrogen and oxygen atoms in total. The third kappa shape index (κ3) is 3.84. The molecule has 2 rings (SSSR count). The molecule has 1 fully saturated rings. The Bertz CT molecular complexity index is 528. The van der Waals surface area contributed by atoms with Crippen molar-refractivity contribution in [3.8, 4) is 5.88 Å². The quantitative estimate of drug-likeness (QED) is 0.637. The van der Waals surface area contributed by atoms with Gasteiger partial charge in [-0.25, -0.2) is 4.98 Å². The average molecular weight is 308 g/mol. The molecule has 0 aliphatic heterocycles. The zero-order valence-electron chi connectivity index (χ0n) is 13.5. The first-order valence-electron chi connectivity index (χ1n) is 7.98. The Morgan fingerprint density at radius 1 is 1.32 bits per heavy atom. The number of aromatic nitrogens is 2. The Kier molecular flexibility index (Phi) is 5.51. The van der Waals surface area contributed by atoms with Crippen LogP contribution in [0.1, 0.15) is 64.6 Å². The molecule has 0 aromatic carbocycles. The SMILES string of the molecule is CCOc1nc(C(C)C)nc(NC2CCCCC2)c1[N+](=O)[O-]. The van der Waals surface area contributed by atoms with E-state index in [1.165, 1.54) is 6.42 Å². The summed E-state index contributed by atoms with van der Waals surface area (Å²) in [5, 5.41) is 14.7. The number of anilines is 1. The standard InChI is InChI=1S/C15H24N4O3/c1-4-22-15-12(19(20)21)14(17-13(18-15)10(2)3)16-11-8-6-5-7-9-11/h10-11H,4-9H2,1-3H3,(H,16,17,18). The fraction of sp³-hybridized carbons (Fsp3) is 0.733. The highest BCUT2D eigenvalue weighted by Crippen LogP contribution is 2.35. The summed E-state index contributed by atoms with van der Waals surface area (Å²) in [5.74, 6) is 0.989. The predicted octanol–water partition coefficient (Wildman–Crippen LogP) is 3.65. The molecule has 0 radical (unpaired) electrons. The van der Waals surface area contributed by atoms with E-state index >= 15 is 0 Å². The number of nitro groups is 1. The van der Waals surface area contributed by atoms with Crippen LogP contribution in [0.2, 0.25) is 0 Å². The Labute approximate surface area is 130 Å². The van der Waals surface area contributed by atoms with Crippen LogP contribution in [0.4, 0.5) is 11.5 Å². The fourth-order valence-electron chi connectivity index (χ4n) is 2.65. The van der Waals surface area contributed by atoms with Gasteiger partial charge >= 0.3 is 5.69 Å². The maximum absolute atomic E-state index is 11.4. The first kappa shape index (κ1) is 16.5. The molecule has 7 heteroatoms. The van der Waals surface area contributed by atoms with E-state index in [2.05, 4.69) is 15.3 Å². The highest BCUT2D eigenvalue weighted by atomic mass is 16.6. The molecule has 122 valence electrons. The van der Waals surface area contributed by atoms with E-state index in [4.69, 9.17) is 4.74 Å². The van der Waals surface area contributed by atoms with Crippen LogP contribution >= 0.6 is 0 Å². The summed E-state index contributed by atoms with van der Waals surface area (Å²) in [4.78, 5) is 19.6. The van der Waals surface area contributed by atoms with E-state index in [9.17, 15) is 10.1 Å². The lowest BCUT2D eigenvalue weighted by atomic mass is 9.95. The second-order valence-electron chi connectivity index (χ2n) is 5.91. The highest BCUT2D eigenvalue weighted by molar-refractivity contribution is 5.62. The minimum atomic E-state index is -0.458. The summed E-state index contributed by atoms with van der Waals surface area (Å²) in [5.41, 5.74) is -0.156. The highest BCUT2D eigenvalue weighted by Gasteiger charge is 2.28. The zero-order chi connectivity index (χ0) is 16.1. The summed E-state index contributed by atoms with van der Waals surface area (Å²) < 4.78 is 5.39. The molecule has 1 N–H and O–H groups in total. The number of nitrogens with zero attached hydrogens (tertiary/aromatic N) is 3. The molecule has 0 bridgehead atoms. The second kappa shape index (κ2) is 7.38. The molecule has 0 saturated heterocycles. The van der Waals surface area contributed by atoms with Crippen molar-refractivity contribution in [1.29, 1.82) is 0 Å². The third-order valence-corrected chi connectivity index (χ3v) is 3.80. The zero-order valence-corrected chi connectivity index (χ0v) is 13.5. The van der Waals surface area contributed by atoms with Crippen molar-refractivity contribution in [3.05, 3.63) is 15.9 Å². The van der Waals surface area contributed by atoms with Crippen LogP contribution in [0.3, 0.4) is 0 Å². The van der Waals surface area contributed by atoms with E-state index in [0.29, 0.717) is 18.2 Å². The van der Waals surface area contributed by atoms with Crippen LogP contribution < -0.4 is 10.1 Å². The second-order valence-corrected chi connectivity index (χ2v) is 5.91. The number of rotatable bonds is 6. The number of hydrogen-bond donors (Lipinski definition) is 1. The van der Waals surface area contributed by atoms with Crippen LogP contribution in [0.15, 0.2) is 0 Å². The molecule has 0 amide bonds. The minimum absolute atomic E-state index is 0.0597. The van der Waals surface area contributed by atoms with Crippen LogP contribution in [0.5, 0.6) is 5.88 Å². The van der Waals surface area contributed by atoms with E-state index in [1.807, 2.05) is 13.8 Å². The summed E-state index contributed by atoms with van der Waals surface area (Å²) in [6.07, 6.45) is 5.55. The molecular formula is C15H24N4O3. The van der Waals surface area contributed by atoms with Crippen LogP contribution in [0, 0.1) is 10.1 Å². The molecule has 1 aromatic rings. The van der Waals surface area contributed by atoms with Gasteiger partial charge in [0.25, 0.3) is 5.88 Å². The summed E-state index contributed by atoms with van der Waals surface area (Å²) in [7, 11) is 0. The van der Waals surface area contributed by atoms with E-state index in [0.717, 1.165) is 25.7 Å². The molecular weight excluding hydrogens is 284 g/mol. The molecule has 1 aliphatic rings. The van der Waals surface area contributed by atoms with Crippen LogP contribution in [-0.2, 0) is 0 Å². The number of hydrogen-bond acceptors (Lipinski definition) is 6. The van der Waals surface area contributed by atoms with E-state index in [1.54, 1.807) is 6.92 Å². The largest absolute Gasteiger partial charge is 0.473 e. The summed E-state index contributed by atoms with van der Waals surface area (Å²) >= 11 is 0. The molecule has 0 unspecified atom stereocenters. The lowest BCUT2D eigenvalue weighted by Crippen LogP contribution is -2.24. The maximum Gasteiger partial charge on any atom is 0.372 e. The van der Waals surface area contributed by atoms with Gasteiger partial charge in [-0.15, -0.1) is 0 Å². The maximum atomic E-state index is 11.4. The van der Waals surface area contributed by atoms with Gasteiger partial charge in [0.15, 0.2) is 0 Å². The van der Waals surface area contributed by atoms with Gasteiger partial charge in [0.2, 0.25) is 5.82 Å². The van der Waals surface area contributed by atoms with Crippen molar-refractivity contribution < 1.29 is 9.66 Å². The smallest absolute Gasteiger partial charge is 0.372 e. The van der Waals surface area contributed by atoms with Gasteiger partial charge < -0.3 is 10.1 Å². The normalized spacial score (nSPS) is 15.8. The van der Waals surface area contributed by atoms with Gasteiger partial charge in [-0.3, -0.25) is 10.1 Å². The lowest BCUT2D eigenvalue weighted by molar-refractivity contribution is -0.385. The fourth-order valence-corrected chi connectivity index (χ4v) is 2.65. The van der Waals surface area contributed by atoms with Crippen molar-refractivity contribution in [2.24, 2.45) is 0 Å². The molecule has 22 heavy (non-hydrogen) atoms. The van der Waals surface area contributed by atoms with Crippen LogP contribution in [-0.4, -0.2) is 27.5 Å². The van der Waals surface area contributed by atoms with Gasteiger partial charge in [-0.2, -0.15) is 4.98 Å². The average Bonchev–Trinajstić information content (AvgIpc) is 2.47. The van der Waals surface area contributed by atoms with Crippen molar-refractivity contribution in [3.63, 3.8) is 0 Å². The molecule has 0 atom stereocenters. The summed E-state index contributed by atoms with van der Waals surface area (Å²) in [6, 6.07) is 0.233. The van der Waals surface area contributed by atoms with Gasteiger partial charge in [0, 0.05) is 12.0 Å². The summed E-state index contributed by atoms with van der Waals surface area (Å²) in [6.45, 7) is 6.04. The lowest BCUT2D eigenvalue weighted by Gasteiger charge is -2.23. The van der Waals surface area contributed by atoms with E-state index in [-0.39, 0.29) is 23.5 Å². The first-order chi connectivity index (χ1) is 10.5. The minimum Gasteiger partial charge on any atom is -0.473 e. The molecule has 1 heterocycles. The van der Waals surface area contributed by atoms with Crippen molar-refractivity contribution in [2.75, 3.05) is 11.9 Å². The topological polar surface area (TPSA) is 90.2 Å². The van der Waals surface area contributed by atoms with Gasteiger partial charge in [-0.05, 0) is 19.8 Å². The van der Waals surface area contributed by atoms with Gasteiger partial charge in [0.05, 0.1) is 11.5 Å². The first-order valence-corrected chi connectivity index (χ1v) is 7.98. The van der Waals surface area contributed by atoms with Crippen LogP contribution in [0.25, 0.3) is 0 Å². The van der Waals surface area contributed by atoms with Crippen molar-refractivity contribution in [2.45, 2.75) is 64.8 Å². The Morgan fingerprint density at radius 3 is 2.55 bits per heavy atom. The molecule has 1 saturated carbocycles.